The van der Waals surface area contributed by atoms with Crippen molar-refractivity contribution in [3.63, 3.8) is 0 Å². The van der Waals surface area contributed by atoms with Crippen LogP contribution in [0, 0.1) is 0 Å². The Bertz CT molecular complexity index is 730. The molecular weight excluding hydrogens is 304 g/mol. The standard InChI is InChI=1S/C16H12O7/c17-14(18)10-3-1-9(2-4-10)8-23-13-6-11(15(19)20)5-12(7-13)16(21)22/h1-7H,8H2,(H,17,18)(H,19,20)(H,21,22). The van der Waals surface area contributed by atoms with Crippen molar-refractivity contribution in [2.24, 2.45) is 0 Å². The summed E-state index contributed by atoms with van der Waals surface area (Å²) in [5.74, 6) is -3.46. The third kappa shape index (κ3) is 4.07. The van der Waals surface area contributed by atoms with Gasteiger partial charge in [0.25, 0.3) is 0 Å². The molecule has 0 aliphatic carbocycles. The van der Waals surface area contributed by atoms with E-state index < -0.39 is 17.9 Å². The van der Waals surface area contributed by atoms with Crippen LogP contribution in [0.25, 0.3) is 0 Å². The molecule has 0 saturated carbocycles. The van der Waals surface area contributed by atoms with E-state index in [2.05, 4.69) is 0 Å². The Kier molecular flexibility index (Phi) is 4.61. The molecule has 2 aromatic carbocycles. The number of carboxylic acid groups (broad SMARTS) is 3. The first-order valence-corrected chi connectivity index (χ1v) is 6.43. The van der Waals surface area contributed by atoms with Crippen LogP contribution in [0.3, 0.4) is 0 Å². The smallest absolute Gasteiger partial charge is 0.335 e. The number of benzene rings is 2. The largest absolute Gasteiger partial charge is 0.489 e. The minimum atomic E-state index is -1.26. The first-order chi connectivity index (χ1) is 10.9. The molecule has 7 nitrogen and oxygen atoms in total. The molecule has 0 saturated heterocycles. The lowest BCUT2D eigenvalue weighted by Gasteiger charge is -2.09. The van der Waals surface area contributed by atoms with E-state index in [1.165, 1.54) is 24.3 Å². The Morgan fingerprint density at radius 3 is 1.65 bits per heavy atom. The monoisotopic (exact) mass is 316 g/mol. The normalized spacial score (nSPS) is 10.1. The number of hydrogen-bond donors (Lipinski definition) is 3. The zero-order chi connectivity index (χ0) is 17.0. The van der Waals surface area contributed by atoms with Gasteiger partial charge in [0.05, 0.1) is 16.7 Å². The maximum atomic E-state index is 11.0. The highest BCUT2D eigenvalue weighted by Crippen LogP contribution is 2.19. The van der Waals surface area contributed by atoms with Crippen molar-refractivity contribution in [3.05, 3.63) is 64.7 Å². The summed E-state index contributed by atoms with van der Waals surface area (Å²) in [6.45, 7) is 0.0437. The highest BCUT2D eigenvalue weighted by atomic mass is 16.5. The molecule has 2 rings (SSSR count). The molecule has 23 heavy (non-hydrogen) atoms. The fourth-order valence-electron chi connectivity index (χ4n) is 1.84. The highest BCUT2D eigenvalue weighted by molar-refractivity contribution is 5.94. The molecule has 118 valence electrons. The Hall–Kier alpha value is -3.35. The van der Waals surface area contributed by atoms with Crippen LogP contribution in [0.15, 0.2) is 42.5 Å². The Balaban J connectivity index is 2.17. The lowest BCUT2D eigenvalue weighted by Crippen LogP contribution is -2.04. The molecule has 0 aromatic heterocycles. The van der Waals surface area contributed by atoms with Crippen molar-refractivity contribution in [2.45, 2.75) is 6.61 Å². The fourth-order valence-corrected chi connectivity index (χ4v) is 1.84. The molecule has 0 spiro atoms. The van der Waals surface area contributed by atoms with Crippen LogP contribution < -0.4 is 4.74 Å². The first-order valence-electron chi connectivity index (χ1n) is 6.43. The van der Waals surface area contributed by atoms with Crippen LogP contribution >= 0.6 is 0 Å². The Morgan fingerprint density at radius 2 is 1.22 bits per heavy atom. The predicted octanol–water partition coefficient (Wildman–Crippen LogP) is 2.36. The molecule has 0 atom stereocenters. The van der Waals surface area contributed by atoms with Crippen LogP contribution in [-0.2, 0) is 6.61 Å². The van der Waals surface area contributed by atoms with Gasteiger partial charge in [0, 0.05) is 0 Å². The zero-order valence-electron chi connectivity index (χ0n) is 11.7. The zero-order valence-corrected chi connectivity index (χ0v) is 11.7. The number of hydrogen-bond acceptors (Lipinski definition) is 4. The molecule has 0 heterocycles. The van der Waals surface area contributed by atoms with Gasteiger partial charge < -0.3 is 20.1 Å². The fraction of sp³-hybridized carbons (Fsp3) is 0.0625. The van der Waals surface area contributed by atoms with E-state index >= 15 is 0 Å². The average Bonchev–Trinajstić information content (AvgIpc) is 2.52. The molecule has 3 N–H and O–H groups in total. The second-order valence-electron chi connectivity index (χ2n) is 4.65. The van der Waals surface area contributed by atoms with Crippen molar-refractivity contribution in [2.75, 3.05) is 0 Å². The number of ether oxygens (including phenoxy) is 1. The maximum absolute atomic E-state index is 11.0. The SMILES string of the molecule is O=C(O)c1ccc(COc2cc(C(=O)O)cc(C(=O)O)c2)cc1. The summed E-state index contributed by atoms with van der Waals surface area (Å²) in [7, 11) is 0. The summed E-state index contributed by atoms with van der Waals surface area (Å²) < 4.78 is 5.40. The molecule has 2 aromatic rings. The van der Waals surface area contributed by atoms with E-state index in [9.17, 15) is 14.4 Å². The van der Waals surface area contributed by atoms with Gasteiger partial charge >= 0.3 is 17.9 Å². The molecule has 0 aliphatic rings. The number of aromatic carboxylic acids is 3. The predicted molar refractivity (Wildman–Crippen MR) is 78.1 cm³/mol. The summed E-state index contributed by atoms with van der Waals surface area (Å²) in [6.07, 6.45) is 0. The molecule has 0 unspecified atom stereocenters. The quantitative estimate of drug-likeness (QED) is 0.747. The molecule has 0 aliphatic heterocycles. The number of carboxylic acids is 3. The van der Waals surface area contributed by atoms with Gasteiger partial charge in [0.15, 0.2) is 0 Å². The maximum Gasteiger partial charge on any atom is 0.335 e. The number of rotatable bonds is 6. The van der Waals surface area contributed by atoms with E-state index in [0.29, 0.717) is 5.56 Å². The van der Waals surface area contributed by atoms with Crippen LogP contribution in [0.2, 0.25) is 0 Å². The van der Waals surface area contributed by atoms with Gasteiger partial charge in [-0.2, -0.15) is 0 Å². The summed E-state index contributed by atoms with van der Waals surface area (Å²) in [5, 5.41) is 26.8. The van der Waals surface area contributed by atoms with E-state index in [-0.39, 0.29) is 29.0 Å². The van der Waals surface area contributed by atoms with Crippen molar-refractivity contribution >= 4 is 17.9 Å². The molecular formula is C16H12O7. The molecule has 0 fully saturated rings. The lowest BCUT2D eigenvalue weighted by molar-refractivity contribution is 0.0682. The molecule has 0 radical (unpaired) electrons. The van der Waals surface area contributed by atoms with Gasteiger partial charge in [0.1, 0.15) is 12.4 Å². The molecule has 0 bridgehead atoms. The van der Waals surface area contributed by atoms with Crippen LogP contribution in [0.5, 0.6) is 5.75 Å². The molecule has 0 amide bonds. The van der Waals surface area contributed by atoms with Gasteiger partial charge in [-0.25, -0.2) is 14.4 Å². The topological polar surface area (TPSA) is 121 Å². The summed E-state index contributed by atoms with van der Waals surface area (Å²) in [4.78, 5) is 32.8. The van der Waals surface area contributed by atoms with E-state index in [4.69, 9.17) is 20.1 Å². The van der Waals surface area contributed by atoms with Gasteiger partial charge in [-0.15, -0.1) is 0 Å². The van der Waals surface area contributed by atoms with E-state index in [0.717, 1.165) is 6.07 Å². The third-order valence-corrected chi connectivity index (χ3v) is 3.01. The van der Waals surface area contributed by atoms with E-state index in [1.807, 2.05) is 0 Å². The van der Waals surface area contributed by atoms with Gasteiger partial charge in [-0.3, -0.25) is 0 Å². The second kappa shape index (κ2) is 6.61. The van der Waals surface area contributed by atoms with Crippen LogP contribution in [0.1, 0.15) is 36.6 Å². The van der Waals surface area contributed by atoms with Crippen molar-refractivity contribution < 1.29 is 34.4 Å². The highest BCUT2D eigenvalue weighted by Gasteiger charge is 2.12. The summed E-state index contributed by atoms with van der Waals surface area (Å²) >= 11 is 0. The third-order valence-electron chi connectivity index (χ3n) is 3.01. The van der Waals surface area contributed by atoms with Crippen molar-refractivity contribution in [1.82, 2.24) is 0 Å². The number of carbonyl (C=O) groups is 3. The van der Waals surface area contributed by atoms with Gasteiger partial charge in [-0.05, 0) is 35.9 Å². The lowest BCUT2D eigenvalue weighted by atomic mass is 10.1. The summed E-state index contributed by atoms with van der Waals surface area (Å²) in [5.41, 5.74) is 0.407. The second-order valence-corrected chi connectivity index (χ2v) is 4.65. The Morgan fingerprint density at radius 1 is 0.739 bits per heavy atom. The Labute approximate surface area is 130 Å². The minimum absolute atomic E-state index is 0.0437. The average molecular weight is 316 g/mol. The minimum Gasteiger partial charge on any atom is -0.489 e. The van der Waals surface area contributed by atoms with Gasteiger partial charge in [0.2, 0.25) is 0 Å². The van der Waals surface area contributed by atoms with Gasteiger partial charge in [-0.1, -0.05) is 12.1 Å². The van der Waals surface area contributed by atoms with Crippen molar-refractivity contribution in [3.8, 4) is 5.75 Å². The van der Waals surface area contributed by atoms with E-state index in [1.54, 1.807) is 12.1 Å². The van der Waals surface area contributed by atoms with Crippen LogP contribution in [0.4, 0.5) is 0 Å². The summed E-state index contributed by atoms with van der Waals surface area (Å²) in [6, 6.07) is 9.43. The first kappa shape index (κ1) is 16.0. The van der Waals surface area contributed by atoms with Crippen molar-refractivity contribution in [1.29, 1.82) is 0 Å². The molecule has 7 heteroatoms. The van der Waals surface area contributed by atoms with Crippen LogP contribution in [-0.4, -0.2) is 33.2 Å².